The van der Waals surface area contributed by atoms with Crippen molar-refractivity contribution in [3.63, 3.8) is 0 Å². The number of aromatic nitrogens is 2. The molecule has 1 unspecified atom stereocenters. The molecule has 3 heterocycles. The number of carbonyl (C=O) groups is 2. The Morgan fingerprint density at radius 1 is 1.38 bits per heavy atom. The molecule has 1 aromatic carbocycles. The van der Waals surface area contributed by atoms with E-state index in [0.29, 0.717) is 11.6 Å². The second-order valence-electron chi connectivity index (χ2n) is 6.33. The summed E-state index contributed by atoms with van der Waals surface area (Å²) in [7, 11) is 2.01. The zero-order valence-corrected chi connectivity index (χ0v) is 14.5. The topological polar surface area (TPSA) is 58.4 Å². The van der Waals surface area contributed by atoms with Crippen LogP contribution in [0.2, 0.25) is 0 Å². The summed E-state index contributed by atoms with van der Waals surface area (Å²) in [5.41, 5.74) is 2.04. The lowest BCUT2D eigenvalue weighted by molar-refractivity contribution is -0.138. The minimum Gasteiger partial charge on any atom is -0.331 e. The zero-order valence-electron chi connectivity index (χ0n) is 13.6. The van der Waals surface area contributed by atoms with Crippen LogP contribution in [-0.2, 0) is 16.6 Å². The lowest BCUT2D eigenvalue weighted by Crippen LogP contribution is -2.41. The third kappa shape index (κ3) is 2.56. The fourth-order valence-electron chi connectivity index (χ4n) is 3.59. The zero-order chi connectivity index (χ0) is 16.7. The Labute approximate surface area is 144 Å². The standard InChI is InChI=1S/C17H20N4O2S/c1-19-13-6-3-2-5-12(13)18-17(19)14-7-4-8-21(14)15(22)9-20-11-24-10-16(20)23/h2-3,5-6,14H,4,7-11H2,1H3. The predicted molar refractivity (Wildman–Crippen MR) is 93.4 cm³/mol. The van der Waals surface area contributed by atoms with Gasteiger partial charge in [-0.25, -0.2) is 4.98 Å². The van der Waals surface area contributed by atoms with Crippen LogP contribution in [0, 0.1) is 0 Å². The van der Waals surface area contributed by atoms with E-state index in [-0.39, 0.29) is 24.4 Å². The van der Waals surface area contributed by atoms with Crippen molar-refractivity contribution in [3.05, 3.63) is 30.1 Å². The second kappa shape index (κ2) is 6.12. The van der Waals surface area contributed by atoms with E-state index in [9.17, 15) is 9.59 Å². The molecule has 1 aromatic heterocycles. The first-order valence-corrected chi connectivity index (χ1v) is 9.37. The maximum absolute atomic E-state index is 12.7. The summed E-state index contributed by atoms with van der Waals surface area (Å²) in [5, 5.41) is 0. The fourth-order valence-corrected chi connectivity index (χ4v) is 4.49. The number of fused-ring (bicyclic) bond motifs is 1. The molecule has 2 aliphatic rings. The van der Waals surface area contributed by atoms with Gasteiger partial charge in [-0.15, -0.1) is 11.8 Å². The molecular formula is C17H20N4O2S. The maximum Gasteiger partial charge on any atom is 0.242 e. The van der Waals surface area contributed by atoms with E-state index in [1.165, 1.54) is 0 Å². The van der Waals surface area contributed by atoms with Gasteiger partial charge in [0.1, 0.15) is 12.4 Å². The molecule has 6 nitrogen and oxygen atoms in total. The molecule has 1 atom stereocenters. The van der Waals surface area contributed by atoms with E-state index in [1.807, 2.05) is 36.2 Å². The molecular weight excluding hydrogens is 324 g/mol. The van der Waals surface area contributed by atoms with Crippen molar-refractivity contribution >= 4 is 34.6 Å². The summed E-state index contributed by atoms with van der Waals surface area (Å²) < 4.78 is 2.09. The van der Waals surface area contributed by atoms with Crippen molar-refractivity contribution in [2.75, 3.05) is 24.7 Å². The predicted octanol–water partition coefficient (Wildman–Crippen LogP) is 1.77. The number of para-hydroxylation sites is 2. The third-order valence-electron chi connectivity index (χ3n) is 4.84. The Morgan fingerprint density at radius 3 is 2.96 bits per heavy atom. The lowest BCUT2D eigenvalue weighted by Gasteiger charge is -2.26. The average molecular weight is 344 g/mol. The highest BCUT2D eigenvalue weighted by molar-refractivity contribution is 8.00. The summed E-state index contributed by atoms with van der Waals surface area (Å²) in [5.74, 6) is 2.13. The van der Waals surface area contributed by atoms with Crippen LogP contribution in [0.4, 0.5) is 0 Å². The van der Waals surface area contributed by atoms with Gasteiger partial charge in [0.05, 0.1) is 28.7 Å². The molecule has 0 spiro atoms. The fraction of sp³-hybridized carbons (Fsp3) is 0.471. The number of imidazole rings is 1. The van der Waals surface area contributed by atoms with Gasteiger partial charge < -0.3 is 14.4 Å². The van der Waals surface area contributed by atoms with Gasteiger partial charge in [0.15, 0.2) is 0 Å². The van der Waals surface area contributed by atoms with Crippen LogP contribution in [0.25, 0.3) is 11.0 Å². The van der Waals surface area contributed by atoms with Crippen molar-refractivity contribution in [1.29, 1.82) is 0 Å². The van der Waals surface area contributed by atoms with Crippen LogP contribution >= 0.6 is 11.8 Å². The number of carbonyl (C=O) groups excluding carboxylic acids is 2. The van der Waals surface area contributed by atoms with Gasteiger partial charge >= 0.3 is 0 Å². The number of amides is 2. The molecule has 0 bridgehead atoms. The molecule has 2 aliphatic heterocycles. The molecule has 0 saturated carbocycles. The quantitative estimate of drug-likeness (QED) is 0.851. The summed E-state index contributed by atoms with van der Waals surface area (Å²) in [6.07, 6.45) is 1.90. The molecule has 126 valence electrons. The smallest absolute Gasteiger partial charge is 0.242 e. The molecule has 4 rings (SSSR count). The highest BCUT2D eigenvalue weighted by atomic mass is 32.2. The minimum absolute atomic E-state index is 0.000239. The highest BCUT2D eigenvalue weighted by Crippen LogP contribution is 2.33. The first-order chi connectivity index (χ1) is 11.6. The number of hydrogen-bond donors (Lipinski definition) is 0. The van der Waals surface area contributed by atoms with E-state index < -0.39 is 0 Å². The number of likely N-dealkylation sites (tertiary alicyclic amines) is 1. The normalized spacial score (nSPS) is 21.2. The average Bonchev–Trinajstić information content (AvgIpc) is 3.28. The van der Waals surface area contributed by atoms with E-state index in [0.717, 1.165) is 36.2 Å². The largest absolute Gasteiger partial charge is 0.331 e. The van der Waals surface area contributed by atoms with E-state index in [1.54, 1.807) is 16.7 Å². The molecule has 0 N–H and O–H groups in total. The van der Waals surface area contributed by atoms with Crippen LogP contribution in [-0.4, -0.2) is 55.9 Å². The van der Waals surface area contributed by atoms with Gasteiger partial charge in [-0.3, -0.25) is 9.59 Å². The Bertz CT molecular complexity index is 803. The number of rotatable bonds is 3. The monoisotopic (exact) mass is 344 g/mol. The first-order valence-electron chi connectivity index (χ1n) is 8.21. The van der Waals surface area contributed by atoms with Crippen molar-refractivity contribution in [1.82, 2.24) is 19.4 Å². The van der Waals surface area contributed by atoms with Crippen LogP contribution in [0.5, 0.6) is 0 Å². The van der Waals surface area contributed by atoms with Gasteiger partial charge in [0.25, 0.3) is 0 Å². The number of hydrogen-bond acceptors (Lipinski definition) is 4. The molecule has 0 aliphatic carbocycles. The molecule has 2 saturated heterocycles. The summed E-state index contributed by atoms with van der Waals surface area (Å²) >= 11 is 1.57. The van der Waals surface area contributed by atoms with E-state index >= 15 is 0 Å². The minimum atomic E-state index is 0.000239. The van der Waals surface area contributed by atoms with E-state index in [4.69, 9.17) is 4.98 Å². The molecule has 2 aromatic rings. The maximum atomic E-state index is 12.7. The Kier molecular flexibility index (Phi) is 3.96. The number of benzene rings is 1. The summed E-state index contributed by atoms with van der Waals surface area (Å²) in [6.45, 7) is 0.925. The van der Waals surface area contributed by atoms with E-state index in [2.05, 4.69) is 4.57 Å². The SMILES string of the molecule is Cn1c(C2CCCN2C(=O)CN2CSCC2=O)nc2ccccc21. The Balaban J connectivity index is 1.58. The number of aryl methyl sites for hydroxylation is 1. The van der Waals surface area contributed by atoms with Gasteiger partial charge in [-0.1, -0.05) is 12.1 Å². The van der Waals surface area contributed by atoms with Crippen molar-refractivity contribution in [3.8, 4) is 0 Å². The van der Waals surface area contributed by atoms with Gasteiger partial charge in [-0.05, 0) is 25.0 Å². The first kappa shape index (κ1) is 15.5. The highest BCUT2D eigenvalue weighted by Gasteiger charge is 2.35. The van der Waals surface area contributed by atoms with Gasteiger partial charge in [-0.2, -0.15) is 0 Å². The van der Waals surface area contributed by atoms with Crippen molar-refractivity contribution in [2.45, 2.75) is 18.9 Å². The molecule has 2 fully saturated rings. The Morgan fingerprint density at radius 2 is 2.21 bits per heavy atom. The van der Waals surface area contributed by atoms with Gasteiger partial charge in [0, 0.05) is 13.6 Å². The molecule has 2 amide bonds. The molecule has 0 radical (unpaired) electrons. The van der Waals surface area contributed by atoms with Crippen molar-refractivity contribution in [2.24, 2.45) is 7.05 Å². The number of thioether (sulfide) groups is 1. The Hall–Kier alpha value is -2.02. The van der Waals surface area contributed by atoms with Crippen LogP contribution in [0.3, 0.4) is 0 Å². The second-order valence-corrected chi connectivity index (χ2v) is 7.29. The van der Waals surface area contributed by atoms with Crippen LogP contribution in [0.15, 0.2) is 24.3 Å². The van der Waals surface area contributed by atoms with Crippen molar-refractivity contribution < 1.29 is 9.59 Å². The molecule has 24 heavy (non-hydrogen) atoms. The lowest BCUT2D eigenvalue weighted by atomic mass is 10.2. The third-order valence-corrected chi connectivity index (χ3v) is 5.79. The molecule has 7 heteroatoms. The number of nitrogens with zero attached hydrogens (tertiary/aromatic N) is 4. The van der Waals surface area contributed by atoms with Crippen LogP contribution in [0.1, 0.15) is 24.7 Å². The van der Waals surface area contributed by atoms with Crippen LogP contribution < -0.4 is 0 Å². The van der Waals surface area contributed by atoms with Gasteiger partial charge in [0.2, 0.25) is 11.8 Å². The summed E-state index contributed by atoms with van der Waals surface area (Å²) in [6, 6.07) is 8.03. The summed E-state index contributed by atoms with van der Waals surface area (Å²) in [4.78, 5) is 32.8.